The van der Waals surface area contributed by atoms with E-state index in [1.165, 1.54) is 0 Å². The molecule has 1 fully saturated rings. The molecule has 1 aromatic carbocycles. The Balaban J connectivity index is 2.19. The number of hydrogen-bond acceptors (Lipinski definition) is 4. The minimum absolute atomic E-state index is 0.211. The average Bonchev–Trinajstić information content (AvgIpc) is 2.86. The number of benzene rings is 1. The number of likely N-dealkylation sites (tertiary alicyclic amines) is 1. The maximum Gasteiger partial charge on any atom is 0.179 e. The molecule has 1 saturated heterocycles. The van der Waals surface area contributed by atoms with Crippen LogP contribution in [-0.4, -0.2) is 42.9 Å². The topological polar surface area (TPSA) is 41.9 Å². The van der Waals surface area contributed by atoms with E-state index in [0.717, 1.165) is 31.5 Å². The molecule has 0 spiro atoms. The summed E-state index contributed by atoms with van der Waals surface area (Å²) < 4.78 is 10.9. The lowest BCUT2D eigenvalue weighted by Crippen LogP contribution is -2.31. The molecule has 0 aromatic heterocycles. The minimum atomic E-state index is 0.211. The van der Waals surface area contributed by atoms with E-state index in [1.807, 2.05) is 19.1 Å². The normalized spacial score (nSPS) is 19.3. The molecule has 0 saturated carbocycles. The molecule has 1 N–H and O–H groups in total. The van der Waals surface area contributed by atoms with Gasteiger partial charge in [-0.3, -0.25) is 4.90 Å². The van der Waals surface area contributed by atoms with Gasteiger partial charge in [0.25, 0.3) is 0 Å². The van der Waals surface area contributed by atoms with Crippen molar-refractivity contribution in [2.45, 2.75) is 32.4 Å². The maximum absolute atomic E-state index is 9.38. The Labute approximate surface area is 125 Å². The second-order valence-corrected chi connectivity index (χ2v) is 5.40. The first-order valence-corrected chi connectivity index (χ1v) is 7.41. The molecule has 1 aliphatic heterocycles. The van der Waals surface area contributed by atoms with Crippen LogP contribution in [0, 0.1) is 0 Å². The third kappa shape index (κ3) is 3.37. The van der Waals surface area contributed by atoms with Crippen LogP contribution in [0.1, 0.15) is 25.3 Å². The zero-order valence-corrected chi connectivity index (χ0v) is 12.8. The molecule has 112 valence electrons. The van der Waals surface area contributed by atoms with Gasteiger partial charge >= 0.3 is 0 Å². The summed E-state index contributed by atoms with van der Waals surface area (Å²) in [6.07, 6.45) is 2.19. The minimum Gasteiger partial charge on any atom is -0.491 e. The highest BCUT2D eigenvalue weighted by molar-refractivity contribution is 6.32. The highest BCUT2D eigenvalue weighted by Gasteiger charge is 2.24. The van der Waals surface area contributed by atoms with Gasteiger partial charge in [-0.25, -0.2) is 0 Å². The largest absolute Gasteiger partial charge is 0.491 e. The van der Waals surface area contributed by atoms with Crippen molar-refractivity contribution in [1.82, 2.24) is 4.90 Å². The molecule has 5 heteroatoms. The summed E-state index contributed by atoms with van der Waals surface area (Å²) >= 11 is 6.25. The molecule has 4 nitrogen and oxygen atoms in total. The fourth-order valence-electron chi connectivity index (χ4n) is 2.72. The van der Waals surface area contributed by atoms with Crippen LogP contribution in [0.3, 0.4) is 0 Å². The smallest absolute Gasteiger partial charge is 0.179 e. The van der Waals surface area contributed by atoms with Crippen molar-refractivity contribution in [3.05, 3.63) is 22.7 Å². The monoisotopic (exact) mass is 299 g/mol. The molecule has 1 heterocycles. The zero-order chi connectivity index (χ0) is 14.5. The number of rotatable bonds is 6. The Morgan fingerprint density at radius 1 is 1.45 bits per heavy atom. The van der Waals surface area contributed by atoms with E-state index < -0.39 is 0 Å². The van der Waals surface area contributed by atoms with Crippen LogP contribution in [0.5, 0.6) is 11.5 Å². The summed E-state index contributed by atoms with van der Waals surface area (Å²) in [6, 6.07) is 4.14. The van der Waals surface area contributed by atoms with E-state index in [0.29, 0.717) is 23.1 Å². The average molecular weight is 300 g/mol. The standard InChI is InChI=1S/C15H22ClNO3/c1-3-20-14-8-11(7-13(16)15(14)19-2)9-17-6-4-5-12(17)10-18/h7-8,12,18H,3-6,9-10H2,1-2H3/t12-/m1/s1. The van der Waals surface area contributed by atoms with Crippen LogP contribution in [0.4, 0.5) is 0 Å². The predicted octanol–water partition coefficient (Wildman–Crippen LogP) is 2.70. The maximum atomic E-state index is 9.38. The van der Waals surface area contributed by atoms with Crippen molar-refractivity contribution in [3.63, 3.8) is 0 Å². The van der Waals surface area contributed by atoms with Crippen molar-refractivity contribution in [1.29, 1.82) is 0 Å². The van der Waals surface area contributed by atoms with Crippen LogP contribution < -0.4 is 9.47 Å². The number of ether oxygens (including phenoxy) is 2. The Bertz CT molecular complexity index is 453. The third-order valence-electron chi connectivity index (χ3n) is 3.67. The number of hydrogen-bond donors (Lipinski definition) is 1. The van der Waals surface area contributed by atoms with Crippen molar-refractivity contribution in [2.24, 2.45) is 0 Å². The molecule has 0 radical (unpaired) electrons. The fraction of sp³-hybridized carbons (Fsp3) is 0.600. The number of methoxy groups -OCH3 is 1. The Kier molecular flexibility index (Phi) is 5.52. The fourth-order valence-corrected chi connectivity index (χ4v) is 3.03. The van der Waals surface area contributed by atoms with Crippen molar-refractivity contribution in [3.8, 4) is 11.5 Å². The van der Waals surface area contributed by atoms with Crippen LogP contribution >= 0.6 is 11.6 Å². The summed E-state index contributed by atoms with van der Waals surface area (Å²) in [5, 5.41) is 9.94. The second kappa shape index (κ2) is 7.16. The van der Waals surface area contributed by atoms with Gasteiger partial charge in [0.2, 0.25) is 0 Å². The number of halogens is 1. The van der Waals surface area contributed by atoms with E-state index in [-0.39, 0.29) is 12.6 Å². The van der Waals surface area contributed by atoms with E-state index in [4.69, 9.17) is 21.1 Å². The Hall–Kier alpha value is -0.970. The SMILES string of the molecule is CCOc1cc(CN2CCC[C@@H]2CO)cc(Cl)c1OC. The first-order chi connectivity index (χ1) is 9.69. The zero-order valence-electron chi connectivity index (χ0n) is 12.1. The molecule has 1 aromatic rings. The molecule has 0 bridgehead atoms. The van der Waals surface area contributed by atoms with E-state index in [2.05, 4.69) is 4.90 Å². The van der Waals surface area contributed by atoms with Crippen LogP contribution in [0.2, 0.25) is 5.02 Å². The van der Waals surface area contributed by atoms with Crippen molar-refractivity contribution in [2.75, 3.05) is 26.9 Å². The molecular formula is C15H22ClNO3. The summed E-state index contributed by atoms with van der Waals surface area (Å²) in [5.74, 6) is 1.26. The molecule has 1 aliphatic rings. The Morgan fingerprint density at radius 3 is 2.90 bits per heavy atom. The predicted molar refractivity (Wildman–Crippen MR) is 79.7 cm³/mol. The lowest BCUT2D eigenvalue weighted by Gasteiger charge is -2.23. The van der Waals surface area contributed by atoms with Gasteiger partial charge in [0, 0.05) is 12.6 Å². The summed E-state index contributed by atoms with van der Waals surface area (Å²) in [6.45, 7) is 4.50. The first-order valence-electron chi connectivity index (χ1n) is 7.03. The van der Waals surface area contributed by atoms with Crippen molar-refractivity contribution >= 4 is 11.6 Å². The number of nitrogens with zero attached hydrogens (tertiary/aromatic N) is 1. The Morgan fingerprint density at radius 2 is 2.25 bits per heavy atom. The van der Waals surface area contributed by atoms with Gasteiger partial charge in [0.15, 0.2) is 11.5 Å². The van der Waals surface area contributed by atoms with Crippen LogP contribution in [0.25, 0.3) is 0 Å². The third-order valence-corrected chi connectivity index (χ3v) is 3.95. The van der Waals surface area contributed by atoms with Crippen molar-refractivity contribution < 1.29 is 14.6 Å². The molecule has 0 aliphatic carbocycles. The summed E-state index contributed by atoms with van der Waals surface area (Å²) in [7, 11) is 1.59. The van der Waals surface area contributed by atoms with Crippen LogP contribution in [0.15, 0.2) is 12.1 Å². The van der Waals surface area contributed by atoms with Gasteiger partial charge < -0.3 is 14.6 Å². The lowest BCUT2D eigenvalue weighted by atomic mass is 10.1. The van der Waals surface area contributed by atoms with Gasteiger partial charge in [-0.1, -0.05) is 11.6 Å². The van der Waals surface area contributed by atoms with Gasteiger partial charge in [-0.05, 0) is 44.0 Å². The highest BCUT2D eigenvalue weighted by Crippen LogP contribution is 2.37. The van der Waals surface area contributed by atoms with E-state index >= 15 is 0 Å². The molecule has 0 unspecified atom stereocenters. The number of aliphatic hydroxyl groups is 1. The molecule has 0 amide bonds. The van der Waals surface area contributed by atoms with Crippen LogP contribution in [-0.2, 0) is 6.54 Å². The molecule has 20 heavy (non-hydrogen) atoms. The van der Waals surface area contributed by atoms with Gasteiger partial charge in [-0.2, -0.15) is 0 Å². The number of aliphatic hydroxyl groups excluding tert-OH is 1. The second-order valence-electron chi connectivity index (χ2n) is 4.99. The highest BCUT2D eigenvalue weighted by atomic mass is 35.5. The molecular weight excluding hydrogens is 278 g/mol. The quantitative estimate of drug-likeness (QED) is 0.877. The lowest BCUT2D eigenvalue weighted by molar-refractivity contribution is 0.153. The summed E-state index contributed by atoms with van der Waals surface area (Å²) in [4.78, 5) is 2.29. The molecule has 2 rings (SSSR count). The van der Waals surface area contributed by atoms with Gasteiger partial charge in [0.05, 0.1) is 25.3 Å². The van der Waals surface area contributed by atoms with Gasteiger partial charge in [-0.15, -0.1) is 0 Å². The first kappa shape index (κ1) is 15.4. The van der Waals surface area contributed by atoms with E-state index in [9.17, 15) is 5.11 Å². The van der Waals surface area contributed by atoms with Gasteiger partial charge in [0.1, 0.15) is 0 Å². The van der Waals surface area contributed by atoms with E-state index in [1.54, 1.807) is 7.11 Å². The summed E-state index contributed by atoms with van der Waals surface area (Å²) in [5.41, 5.74) is 1.08. The molecule has 1 atom stereocenters.